The molecular formula is C9H17BO2. The highest BCUT2D eigenvalue weighted by atomic mass is 16.5. The van der Waals surface area contributed by atoms with Crippen molar-refractivity contribution in [2.45, 2.75) is 38.8 Å². The number of aliphatic hydroxyl groups is 1. The summed E-state index contributed by atoms with van der Waals surface area (Å²) in [5.41, 5.74) is 0. The van der Waals surface area contributed by atoms with Crippen LogP contribution in [0.1, 0.15) is 26.7 Å². The van der Waals surface area contributed by atoms with Crippen LogP contribution in [0.15, 0.2) is 0 Å². The third-order valence-corrected chi connectivity index (χ3v) is 2.86. The Labute approximate surface area is 75.7 Å². The lowest BCUT2D eigenvalue weighted by atomic mass is 9.80. The molecule has 0 aliphatic carbocycles. The molecule has 3 heteroatoms. The van der Waals surface area contributed by atoms with E-state index in [2.05, 4.69) is 13.8 Å². The highest BCUT2D eigenvalue weighted by Crippen LogP contribution is 2.32. The molecular weight excluding hydrogens is 151 g/mol. The number of aliphatic hydroxyl groups excluding tert-OH is 1. The first-order valence-corrected chi connectivity index (χ1v) is 4.75. The van der Waals surface area contributed by atoms with Crippen molar-refractivity contribution >= 4 is 7.85 Å². The summed E-state index contributed by atoms with van der Waals surface area (Å²) in [6.45, 7) is 5.04. The predicted molar refractivity (Wildman–Crippen MR) is 49.1 cm³/mol. The zero-order valence-corrected chi connectivity index (χ0v) is 7.86. The summed E-state index contributed by atoms with van der Waals surface area (Å²) < 4.78 is 5.45. The topological polar surface area (TPSA) is 29.5 Å². The van der Waals surface area contributed by atoms with E-state index < -0.39 is 6.00 Å². The van der Waals surface area contributed by atoms with Crippen LogP contribution in [0.25, 0.3) is 0 Å². The third-order valence-electron chi connectivity index (χ3n) is 2.86. The molecule has 1 saturated heterocycles. The van der Waals surface area contributed by atoms with E-state index in [1.807, 2.05) is 0 Å². The molecule has 0 bridgehead atoms. The van der Waals surface area contributed by atoms with Crippen LogP contribution in [0.2, 0.25) is 0 Å². The molecule has 1 aliphatic heterocycles. The number of hydrogen-bond donors (Lipinski definition) is 1. The quantitative estimate of drug-likeness (QED) is 0.635. The van der Waals surface area contributed by atoms with Crippen molar-refractivity contribution in [3.63, 3.8) is 0 Å². The van der Waals surface area contributed by atoms with E-state index in [1.165, 1.54) is 0 Å². The number of ether oxygens (including phenoxy) is 1. The Morgan fingerprint density at radius 3 is 2.58 bits per heavy atom. The number of rotatable bonds is 3. The molecule has 2 unspecified atom stereocenters. The molecule has 0 aromatic carbocycles. The first kappa shape index (κ1) is 10.1. The van der Waals surface area contributed by atoms with Crippen molar-refractivity contribution in [1.29, 1.82) is 0 Å². The van der Waals surface area contributed by atoms with Crippen LogP contribution in [-0.4, -0.2) is 31.7 Å². The van der Waals surface area contributed by atoms with Gasteiger partial charge in [0.2, 0.25) is 0 Å². The second-order valence-electron chi connectivity index (χ2n) is 3.53. The van der Waals surface area contributed by atoms with Gasteiger partial charge in [-0.2, -0.15) is 0 Å². The van der Waals surface area contributed by atoms with Crippen LogP contribution in [0.4, 0.5) is 0 Å². The minimum atomic E-state index is -0.813. The van der Waals surface area contributed by atoms with Crippen molar-refractivity contribution in [1.82, 2.24) is 0 Å². The largest absolute Gasteiger partial charge is 0.400 e. The third kappa shape index (κ3) is 1.83. The van der Waals surface area contributed by atoms with Gasteiger partial charge in [0.15, 0.2) is 0 Å². The fraction of sp³-hybridized carbons (Fsp3) is 1.00. The van der Waals surface area contributed by atoms with Crippen molar-refractivity contribution < 1.29 is 9.84 Å². The molecule has 12 heavy (non-hydrogen) atoms. The summed E-state index contributed by atoms with van der Waals surface area (Å²) in [5, 5.41) is 9.22. The van der Waals surface area contributed by atoms with Crippen LogP contribution < -0.4 is 0 Å². The van der Waals surface area contributed by atoms with E-state index in [9.17, 15) is 5.11 Å². The fourth-order valence-corrected chi connectivity index (χ4v) is 2.09. The highest BCUT2D eigenvalue weighted by Gasteiger charge is 2.36. The SMILES string of the molecule is [B][C@H](O)C1OC[C@H](CC)C1CC. The normalized spacial score (nSPS) is 38.4. The van der Waals surface area contributed by atoms with Crippen molar-refractivity contribution in [3.05, 3.63) is 0 Å². The molecule has 0 aromatic heterocycles. The smallest absolute Gasteiger partial charge is 0.112 e. The molecule has 68 valence electrons. The van der Waals surface area contributed by atoms with Crippen LogP contribution in [-0.2, 0) is 4.74 Å². The van der Waals surface area contributed by atoms with Crippen LogP contribution >= 0.6 is 0 Å². The van der Waals surface area contributed by atoms with Gasteiger partial charge in [-0.25, -0.2) is 0 Å². The van der Waals surface area contributed by atoms with Crippen molar-refractivity contribution in [2.24, 2.45) is 11.8 Å². The van der Waals surface area contributed by atoms with E-state index in [0.717, 1.165) is 19.4 Å². The molecule has 0 spiro atoms. The molecule has 4 atom stereocenters. The van der Waals surface area contributed by atoms with Gasteiger partial charge >= 0.3 is 0 Å². The summed E-state index contributed by atoms with van der Waals surface area (Å²) in [4.78, 5) is 0. The average Bonchev–Trinajstić information content (AvgIpc) is 2.46. The van der Waals surface area contributed by atoms with Crippen molar-refractivity contribution in [2.75, 3.05) is 6.61 Å². The Hall–Kier alpha value is -0.0151. The highest BCUT2D eigenvalue weighted by molar-refractivity contribution is 6.11. The Kier molecular flexibility index (Phi) is 3.60. The van der Waals surface area contributed by atoms with Gasteiger partial charge in [0.25, 0.3) is 0 Å². The average molecular weight is 168 g/mol. The summed E-state index contributed by atoms with van der Waals surface area (Å²) in [7, 11) is 5.41. The monoisotopic (exact) mass is 168 g/mol. The van der Waals surface area contributed by atoms with E-state index >= 15 is 0 Å². The molecule has 0 saturated carbocycles. The maximum absolute atomic E-state index is 9.22. The van der Waals surface area contributed by atoms with E-state index in [-0.39, 0.29) is 6.10 Å². The molecule has 2 radical (unpaired) electrons. The minimum Gasteiger partial charge on any atom is -0.400 e. The first-order valence-electron chi connectivity index (χ1n) is 4.75. The molecule has 0 amide bonds. The second kappa shape index (κ2) is 4.29. The second-order valence-corrected chi connectivity index (χ2v) is 3.53. The Balaban J connectivity index is 2.56. The minimum absolute atomic E-state index is 0.139. The maximum atomic E-state index is 9.22. The Morgan fingerprint density at radius 2 is 2.17 bits per heavy atom. The van der Waals surface area contributed by atoms with Gasteiger partial charge in [-0.05, 0) is 11.8 Å². The molecule has 1 heterocycles. The van der Waals surface area contributed by atoms with Crippen molar-refractivity contribution in [3.8, 4) is 0 Å². The summed E-state index contributed by atoms with van der Waals surface area (Å²) in [6, 6.07) is -0.813. The Morgan fingerprint density at radius 1 is 1.50 bits per heavy atom. The van der Waals surface area contributed by atoms with Gasteiger partial charge in [-0.3, -0.25) is 0 Å². The maximum Gasteiger partial charge on any atom is 0.112 e. The number of hydrogen-bond acceptors (Lipinski definition) is 2. The molecule has 1 fully saturated rings. The predicted octanol–water partition coefficient (Wildman–Crippen LogP) is 0.924. The molecule has 0 aromatic rings. The van der Waals surface area contributed by atoms with Gasteiger partial charge in [0.05, 0.1) is 12.7 Å². The van der Waals surface area contributed by atoms with E-state index in [1.54, 1.807) is 0 Å². The standard InChI is InChI=1S/C9H17BO2/c1-3-6-5-12-8(9(10)11)7(6)4-2/h6-9,11H,3-5H2,1-2H3/t6-,7?,8?,9+/m0/s1. The lowest BCUT2D eigenvalue weighted by Crippen LogP contribution is -2.32. The summed E-state index contributed by atoms with van der Waals surface area (Å²) in [5.74, 6) is 1.02. The van der Waals surface area contributed by atoms with Crippen LogP contribution in [0.5, 0.6) is 0 Å². The lowest BCUT2D eigenvalue weighted by molar-refractivity contribution is 0.0187. The summed E-state index contributed by atoms with van der Waals surface area (Å²) >= 11 is 0. The fourth-order valence-electron chi connectivity index (χ4n) is 2.09. The van der Waals surface area contributed by atoms with Gasteiger partial charge < -0.3 is 9.84 Å². The molecule has 1 N–H and O–H groups in total. The van der Waals surface area contributed by atoms with Gasteiger partial charge in [0, 0.05) is 6.00 Å². The lowest BCUT2D eigenvalue weighted by Gasteiger charge is -2.22. The summed E-state index contributed by atoms with van der Waals surface area (Å²) in [6.07, 6.45) is 2.01. The Bertz CT molecular complexity index is 138. The van der Waals surface area contributed by atoms with Crippen LogP contribution in [0.3, 0.4) is 0 Å². The van der Waals surface area contributed by atoms with Gasteiger partial charge in [-0.15, -0.1) is 0 Å². The zero-order chi connectivity index (χ0) is 9.14. The van der Waals surface area contributed by atoms with E-state index in [0.29, 0.717) is 11.8 Å². The molecule has 1 rings (SSSR count). The first-order chi connectivity index (χ1) is 5.70. The molecule has 2 nitrogen and oxygen atoms in total. The van der Waals surface area contributed by atoms with E-state index in [4.69, 9.17) is 12.6 Å². The van der Waals surface area contributed by atoms with Gasteiger partial charge in [-0.1, -0.05) is 26.7 Å². The molecule has 1 aliphatic rings. The zero-order valence-electron chi connectivity index (χ0n) is 7.86. The van der Waals surface area contributed by atoms with Gasteiger partial charge in [0.1, 0.15) is 7.85 Å². The van der Waals surface area contributed by atoms with Crippen LogP contribution in [0, 0.1) is 11.8 Å².